The molecule has 0 bridgehead atoms. The molecule has 3 heterocycles. The molecular formula is C26H28N4O5. The zero-order chi connectivity index (χ0) is 24.9. The topological polar surface area (TPSA) is 95.8 Å². The van der Waals surface area contributed by atoms with Gasteiger partial charge in [0.15, 0.2) is 23.8 Å². The number of aromatic nitrogens is 3. The maximum atomic E-state index is 13.2. The predicted molar refractivity (Wildman–Crippen MR) is 132 cm³/mol. The molecule has 1 aliphatic heterocycles. The van der Waals surface area contributed by atoms with Gasteiger partial charge < -0.3 is 19.1 Å². The van der Waals surface area contributed by atoms with Crippen LogP contribution in [0.1, 0.15) is 30.2 Å². The minimum absolute atomic E-state index is 0.0207. The van der Waals surface area contributed by atoms with Crippen LogP contribution in [0.3, 0.4) is 0 Å². The average Bonchev–Trinajstić information content (AvgIpc) is 3.30. The molecule has 1 amide bonds. The van der Waals surface area contributed by atoms with Crippen molar-refractivity contribution in [3.05, 3.63) is 61.3 Å². The summed E-state index contributed by atoms with van der Waals surface area (Å²) in [6.45, 7) is 12.5. The van der Waals surface area contributed by atoms with E-state index in [1.165, 1.54) is 4.90 Å². The van der Waals surface area contributed by atoms with Gasteiger partial charge in [-0.25, -0.2) is 14.5 Å². The summed E-state index contributed by atoms with van der Waals surface area (Å²) in [4.78, 5) is 32.0. The van der Waals surface area contributed by atoms with Crippen molar-refractivity contribution in [1.82, 2.24) is 19.7 Å². The summed E-state index contributed by atoms with van der Waals surface area (Å²) >= 11 is 0. The van der Waals surface area contributed by atoms with Gasteiger partial charge in [0.05, 0.1) is 22.8 Å². The monoisotopic (exact) mass is 476 g/mol. The van der Waals surface area contributed by atoms with E-state index < -0.39 is 12.6 Å². The van der Waals surface area contributed by atoms with Crippen LogP contribution in [0.15, 0.2) is 55.8 Å². The summed E-state index contributed by atoms with van der Waals surface area (Å²) in [5, 5.41) is 4.97. The number of pyridine rings is 1. The normalized spacial score (nSPS) is 12.4. The molecule has 9 nitrogen and oxygen atoms in total. The first-order valence-electron chi connectivity index (χ1n) is 11.4. The van der Waals surface area contributed by atoms with E-state index >= 15 is 0 Å². The Morgan fingerprint density at radius 1 is 1.14 bits per heavy atom. The Balaban J connectivity index is 1.69. The Hall–Kier alpha value is -4.14. The molecule has 0 fully saturated rings. The molecule has 182 valence electrons. The fourth-order valence-corrected chi connectivity index (χ4v) is 3.80. The van der Waals surface area contributed by atoms with Crippen molar-refractivity contribution < 1.29 is 23.8 Å². The van der Waals surface area contributed by atoms with Gasteiger partial charge in [0.1, 0.15) is 13.2 Å². The van der Waals surface area contributed by atoms with Gasteiger partial charge in [0, 0.05) is 24.7 Å². The highest BCUT2D eigenvalue weighted by Gasteiger charge is 2.22. The molecule has 0 atom stereocenters. The van der Waals surface area contributed by atoms with Gasteiger partial charge in [-0.3, -0.25) is 4.79 Å². The van der Waals surface area contributed by atoms with Crippen molar-refractivity contribution in [1.29, 1.82) is 0 Å². The molecule has 0 N–H and O–H groups in total. The van der Waals surface area contributed by atoms with E-state index in [2.05, 4.69) is 18.3 Å². The molecule has 0 saturated heterocycles. The first-order valence-corrected chi connectivity index (χ1v) is 11.4. The van der Waals surface area contributed by atoms with Crippen LogP contribution in [0.4, 0.5) is 0 Å². The zero-order valence-corrected chi connectivity index (χ0v) is 19.9. The highest BCUT2D eigenvalue weighted by molar-refractivity contribution is 6.04. The van der Waals surface area contributed by atoms with Crippen LogP contribution >= 0.6 is 0 Å². The molecule has 1 aromatic carbocycles. The van der Waals surface area contributed by atoms with Gasteiger partial charge in [-0.2, -0.15) is 5.10 Å². The molecule has 4 rings (SSSR count). The summed E-state index contributed by atoms with van der Waals surface area (Å²) in [5.41, 5.74) is 2.13. The van der Waals surface area contributed by atoms with Crippen LogP contribution in [-0.2, 0) is 9.53 Å². The summed E-state index contributed by atoms with van der Waals surface area (Å²) in [6, 6.07) is 7.18. The van der Waals surface area contributed by atoms with E-state index in [-0.39, 0.29) is 17.5 Å². The molecule has 2 aromatic heterocycles. The van der Waals surface area contributed by atoms with Gasteiger partial charge in [-0.15, -0.1) is 13.2 Å². The Morgan fingerprint density at radius 3 is 2.54 bits per heavy atom. The predicted octanol–water partition coefficient (Wildman–Crippen LogP) is 3.81. The lowest BCUT2D eigenvalue weighted by molar-refractivity contribution is -0.133. The summed E-state index contributed by atoms with van der Waals surface area (Å²) in [7, 11) is 0. The summed E-state index contributed by atoms with van der Waals surface area (Å²) < 4.78 is 18.5. The second-order valence-electron chi connectivity index (χ2n) is 8.29. The summed E-state index contributed by atoms with van der Waals surface area (Å²) in [5.74, 6) is 0.306. The fraction of sp³-hybridized carbons (Fsp3) is 0.308. The minimum Gasteiger partial charge on any atom is -0.486 e. The van der Waals surface area contributed by atoms with Crippen LogP contribution in [0.25, 0.3) is 22.3 Å². The molecule has 3 aromatic rings. The van der Waals surface area contributed by atoms with E-state index in [0.29, 0.717) is 54.5 Å². The number of carbonyl (C=O) groups is 2. The summed E-state index contributed by atoms with van der Waals surface area (Å²) in [6.07, 6.45) is 4.81. The lowest BCUT2D eigenvalue weighted by Gasteiger charge is -2.19. The number of benzene rings is 1. The number of carbonyl (C=O) groups excluding carboxylic acids is 2. The number of nitrogens with zero attached hydrogens (tertiary/aromatic N) is 4. The number of rotatable bonds is 9. The molecule has 0 aliphatic carbocycles. The number of ether oxygens (including phenoxy) is 3. The van der Waals surface area contributed by atoms with E-state index in [9.17, 15) is 9.59 Å². The molecule has 0 radical (unpaired) electrons. The van der Waals surface area contributed by atoms with Crippen molar-refractivity contribution in [2.75, 3.05) is 32.9 Å². The van der Waals surface area contributed by atoms with Crippen molar-refractivity contribution in [2.24, 2.45) is 0 Å². The first kappa shape index (κ1) is 24.0. The molecule has 0 saturated carbocycles. The Kier molecular flexibility index (Phi) is 7.14. The first-order chi connectivity index (χ1) is 16.9. The van der Waals surface area contributed by atoms with Crippen LogP contribution in [0, 0.1) is 0 Å². The number of fused-ring (bicyclic) bond motifs is 2. The van der Waals surface area contributed by atoms with Crippen LogP contribution in [-0.4, -0.2) is 64.5 Å². The van der Waals surface area contributed by atoms with Gasteiger partial charge in [0.2, 0.25) is 0 Å². The second kappa shape index (κ2) is 10.4. The van der Waals surface area contributed by atoms with Gasteiger partial charge >= 0.3 is 5.97 Å². The van der Waals surface area contributed by atoms with Gasteiger partial charge in [-0.05, 0) is 38.1 Å². The Bertz CT molecular complexity index is 1270. The molecular weight excluding hydrogens is 448 g/mol. The van der Waals surface area contributed by atoms with Crippen molar-refractivity contribution in [3.63, 3.8) is 0 Å². The highest BCUT2D eigenvalue weighted by Crippen LogP contribution is 2.35. The second-order valence-corrected chi connectivity index (χ2v) is 8.29. The maximum Gasteiger partial charge on any atom is 0.339 e. The van der Waals surface area contributed by atoms with Crippen LogP contribution in [0.2, 0.25) is 0 Å². The van der Waals surface area contributed by atoms with Crippen LogP contribution < -0.4 is 9.47 Å². The largest absolute Gasteiger partial charge is 0.486 e. The number of esters is 1. The van der Waals surface area contributed by atoms with Crippen molar-refractivity contribution in [3.8, 4) is 22.8 Å². The SMILES string of the molecule is C=CCN(CC=C)C(=O)COC(=O)c1cc(-c2ccc3c(c2)OCCO3)nc2c1cnn2C(C)C. The van der Waals surface area contributed by atoms with Gasteiger partial charge in [0.25, 0.3) is 5.91 Å². The van der Waals surface area contributed by atoms with E-state index in [1.54, 1.807) is 29.1 Å². The quantitative estimate of drug-likeness (QED) is 0.342. The lowest BCUT2D eigenvalue weighted by Crippen LogP contribution is -2.35. The molecule has 0 unspecified atom stereocenters. The standard InChI is InChI=1S/C26H28N4O5/c1-5-9-29(10-6-2)24(31)16-35-26(32)19-14-21(28-25-20(19)15-27-30(25)17(3)4)18-7-8-22-23(13-18)34-12-11-33-22/h5-8,13-15,17H,1-2,9-12,16H2,3-4H3. The van der Waals surface area contributed by atoms with E-state index in [0.717, 1.165) is 5.56 Å². The fourth-order valence-electron chi connectivity index (χ4n) is 3.80. The number of hydrogen-bond donors (Lipinski definition) is 0. The number of amides is 1. The Morgan fingerprint density at radius 2 is 1.86 bits per heavy atom. The molecule has 35 heavy (non-hydrogen) atoms. The Labute approximate surface area is 203 Å². The third-order valence-corrected chi connectivity index (χ3v) is 5.49. The molecule has 9 heteroatoms. The lowest BCUT2D eigenvalue weighted by atomic mass is 10.1. The third-order valence-electron chi connectivity index (χ3n) is 5.49. The van der Waals surface area contributed by atoms with Gasteiger partial charge in [-0.1, -0.05) is 12.2 Å². The zero-order valence-electron chi connectivity index (χ0n) is 19.9. The molecule has 1 aliphatic rings. The van der Waals surface area contributed by atoms with Crippen molar-refractivity contribution >= 4 is 22.9 Å². The minimum atomic E-state index is -0.634. The molecule has 0 spiro atoms. The van der Waals surface area contributed by atoms with Crippen molar-refractivity contribution in [2.45, 2.75) is 19.9 Å². The smallest absolute Gasteiger partial charge is 0.339 e. The highest BCUT2D eigenvalue weighted by atomic mass is 16.6. The van der Waals surface area contributed by atoms with E-state index in [1.807, 2.05) is 32.0 Å². The van der Waals surface area contributed by atoms with E-state index in [4.69, 9.17) is 19.2 Å². The third kappa shape index (κ3) is 5.03. The maximum absolute atomic E-state index is 13.2. The van der Waals surface area contributed by atoms with Crippen LogP contribution in [0.5, 0.6) is 11.5 Å². The number of hydrogen-bond acceptors (Lipinski definition) is 7. The average molecular weight is 477 g/mol.